The number of H-pyrrole nitrogens is 1. The van der Waals surface area contributed by atoms with Gasteiger partial charge in [-0.3, -0.25) is 0 Å². The molecular weight excluding hydrogens is 178 g/mol. The molecular formula is C7H5ClN3O+. The molecule has 5 heteroatoms. The van der Waals surface area contributed by atoms with Gasteiger partial charge in [0.05, 0.1) is 4.91 Å². The standard InChI is InChI=1S/C7H5ClN3O/c8-7-9-5-3-1-2-4-6(5)11(12)10-7/h1-4H,(H,9,10,12)/q+1. The van der Waals surface area contributed by atoms with Crippen molar-refractivity contribution in [2.75, 3.05) is 0 Å². The predicted octanol–water partition coefficient (Wildman–Crippen LogP) is 1.13. The lowest BCUT2D eigenvalue weighted by atomic mass is 10.3. The van der Waals surface area contributed by atoms with Crippen LogP contribution in [0.4, 0.5) is 0 Å². The van der Waals surface area contributed by atoms with Crippen LogP contribution in [0.2, 0.25) is 5.28 Å². The van der Waals surface area contributed by atoms with Gasteiger partial charge in [-0.1, -0.05) is 17.2 Å². The summed E-state index contributed by atoms with van der Waals surface area (Å²) in [6.07, 6.45) is 0. The first kappa shape index (κ1) is 7.24. The lowest BCUT2D eigenvalue weighted by molar-refractivity contribution is -0.536. The van der Waals surface area contributed by atoms with Gasteiger partial charge in [-0.05, 0) is 17.7 Å². The van der Waals surface area contributed by atoms with Crippen LogP contribution in [0.25, 0.3) is 11.0 Å². The fraction of sp³-hybridized carbons (Fsp3) is 0. The molecule has 12 heavy (non-hydrogen) atoms. The van der Waals surface area contributed by atoms with Crippen LogP contribution in [0.5, 0.6) is 0 Å². The quantitative estimate of drug-likeness (QED) is 0.621. The van der Waals surface area contributed by atoms with Gasteiger partial charge in [0.15, 0.2) is 4.54 Å². The zero-order valence-corrected chi connectivity index (χ0v) is 6.75. The van der Waals surface area contributed by atoms with Gasteiger partial charge >= 0.3 is 5.52 Å². The zero-order valence-electron chi connectivity index (χ0n) is 5.99. The highest BCUT2D eigenvalue weighted by molar-refractivity contribution is 6.28. The number of rotatable bonds is 0. The summed E-state index contributed by atoms with van der Waals surface area (Å²) >= 11 is 5.54. The van der Waals surface area contributed by atoms with Crippen LogP contribution < -0.4 is 4.54 Å². The maximum atomic E-state index is 11.1. The highest BCUT2D eigenvalue weighted by Crippen LogP contribution is 2.06. The number of hydrogen-bond donors (Lipinski definition) is 1. The summed E-state index contributed by atoms with van der Waals surface area (Å²) in [4.78, 5) is 15.1. The average molecular weight is 183 g/mol. The minimum atomic E-state index is 0.0868. The maximum absolute atomic E-state index is 11.1. The number of aromatic nitrogens is 3. The van der Waals surface area contributed by atoms with Crippen molar-refractivity contribution in [3.8, 4) is 0 Å². The van der Waals surface area contributed by atoms with Gasteiger partial charge in [-0.15, -0.1) is 0 Å². The molecule has 0 aliphatic rings. The van der Waals surface area contributed by atoms with Crippen molar-refractivity contribution in [3.05, 3.63) is 34.5 Å². The van der Waals surface area contributed by atoms with Crippen molar-refractivity contribution in [2.24, 2.45) is 0 Å². The second-order valence-corrected chi connectivity index (χ2v) is 2.66. The predicted molar refractivity (Wildman–Crippen MR) is 44.5 cm³/mol. The van der Waals surface area contributed by atoms with E-state index in [9.17, 15) is 4.91 Å². The van der Waals surface area contributed by atoms with Crippen LogP contribution in [-0.4, -0.2) is 10.1 Å². The number of benzene rings is 1. The lowest BCUT2D eigenvalue weighted by Gasteiger charge is -1.87. The number of fused-ring (bicyclic) bond motifs is 1. The number of nitrogens with one attached hydrogen (secondary N) is 1. The van der Waals surface area contributed by atoms with E-state index < -0.39 is 0 Å². The van der Waals surface area contributed by atoms with E-state index in [2.05, 4.69) is 10.1 Å². The molecule has 2 aromatic rings. The number of aromatic amines is 1. The monoisotopic (exact) mass is 182 g/mol. The molecule has 1 heterocycles. The molecule has 0 radical (unpaired) electrons. The zero-order chi connectivity index (χ0) is 8.55. The largest absolute Gasteiger partial charge is 0.317 e. The van der Waals surface area contributed by atoms with E-state index in [0.29, 0.717) is 15.6 Å². The smallest absolute Gasteiger partial charge is 0.208 e. The number of para-hydroxylation sites is 2. The van der Waals surface area contributed by atoms with Crippen molar-refractivity contribution >= 4 is 22.6 Å². The first-order chi connectivity index (χ1) is 5.77. The summed E-state index contributed by atoms with van der Waals surface area (Å²) in [5.74, 6) is 0. The van der Waals surface area contributed by atoms with Gasteiger partial charge in [0.2, 0.25) is 0 Å². The van der Waals surface area contributed by atoms with Crippen LogP contribution in [0.15, 0.2) is 24.3 Å². The van der Waals surface area contributed by atoms with Gasteiger partial charge in [0.25, 0.3) is 5.28 Å². The lowest BCUT2D eigenvalue weighted by Crippen LogP contribution is -2.21. The molecule has 2 rings (SSSR count). The molecule has 0 aliphatic heterocycles. The molecule has 4 nitrogen and oxygen atoms in total. The van der Waals surface area contributed by atoms with Crippen LogP contribution in [0.3, 0.4) is 0 Å². The summed E-state index contributed by atoms with van der Waals surface area (Å²) in [5.41, 5.74) is 1.05. The minimum absolute atomic E-state index is 0.0868. The Morgan fingerprint density at radius 2 is 2.17 bits per heavy atom. The Hall–Kier alpha value is -1.42. The van der Waals surface area contributed by atoms with Crippen LogP contribution >= 0.6 is 11.6 Å². The minimum Gasteiger partial charge on any atom is -0.208 e. The Bertz CT molecular complexity index is 479. The number of hydrogen-bond acceptors (Lipinski definition) is 2. The van der Waals surface area contributed by atoms with Crippen molar-refractivity contribution < 1.29 is 4.54 Å². The van der Waals surface area contributed by atoms with Gasteiger partial charge in [-0.2, -0.15) is 0 Å². The van der Waals surface area contributed by atoms with Crippen LogP contribution in [0, 0.1) is 4.91 Å². The van der Waals surface area contributed by atoms with Crippen molar-refractivity contribution in [2.45, 2.75) is 0 Å². The van der Waals surface area contributed by atoms with E-state index in [0.717, 1.165) is 0 Å². The van der Waals surface area contributed by atoms with E-state index in [1.807, 2.05) is 0 Å². The summed E-state index contributed by atoms with van der Waals surface area (Å²) in [6.45, 7) is 0. The summed E-state index contributed by atoms with van der Waals surface area (Å²) in [7, 11) is 0. The molecule has 0 amide bonds. The third kappa shape index (κ3) is 1.06. The molecule has 0 fully saturated rings. The summed E-state index contributed by atoms with van der Waals surface area (Å²) in [5, 5.41) is 2.42. The average Bonchev–Trinajstić information content (AvgIpc) is 2.04. The Kier molecular flexibility index (Phi) is 1.55. The van der Waals surface area contributed by atoms with E-state index in [4.69, 9.17) is 11.6 Å². The number of nitrogens with zero attached hydrogens (tertiary/aromatic N) is 2. The SMILES string of the molecule is O=[n+]1[nH]c(Cl)nc2ccccc21. The maximum Gasteiger partial charge on any atom is 0.317 e. The third-order valence-corrected chi connectivity index (χ3v) is 1.68. The molecule has 0 unspecified atom stereocenters. The molecule has 0 spiro atoms. The Morgan fingerprint density at radius 3 is 3.00 bits per heavy atom. The van der Waals surface area contributed by atoms with E-state index in [1.165, 1.54) is 0 Å². The molecule has 0 aliphatic carbocycles. The fourth-order valence-electron chi connectivity index (χ4n) is 1.01. The number of halogens is 1. The third-order valence-electron chi connectivity index (χ3n) is 1.51. The van der Waals surface area contributed by atoms with E-state index >= 15 is 0 Å². The van der Waals surface area contributed by atoms with Gasteiger partial charge in [0.1, 0.15) is 5.52 Å². The highest BCUT2D eigenvalue weighted by atomic mass is 35.5. The van der Waals surface area contributed by atoms with Gasteiger partial charge in [-0.25, -0.2) is 4.98 Å². The first-order valence-corrected chi connectivity index (χ1v) is 3.72. The first-order valence-electron chi connectivity index (χ1n) is 3.34. The summed E-state index contributed by atoms with van der Waals surface area (Å²) < 4.78 is 0.588. The second kappa shape index (κ2) is 2.57. The fourth-order valence-corrected chi connectivity index (χ4v) is 1.17. The molecule has 1 N–H and O–H groups in total. The van der Waals surface area contributed by atoms with Gasteiger partial charge < -0.3 is 0 Å². The molecule has 1 aromatic carbocycles. The van der Waals surface area contributed by atoms with Crippen molar-refractivity contribution in [1.82, 2.24) is 10.1 Å². The summed E-state index contributed by atoms with van der Waals surface area (Å²) in [6, 6.07) is 6.96. The van der Waals surface area contributed by atoms with Crippen molar-refractivity contribution in [3.63, 3.8) is 0 Å². The normalized spacial score (nSPS) is 10.4. The second-order valence-electron chi connectivity index (χ2n) is 2.30. The highest BCUT2D eigenvalue weighted by Gasteiger charge is 2.07. The molecule has 1 aromatic heterocycles. The Balaban J connectivity index is 2.99. The molecule has 0 saturated carbocycles. The van der Waals surface area contributed by atoms with Gasteiger partial charge in [0, 0.05) is 6.07 Å². The van der Waals surface area contributed by atoms with Crippen molar-refractivity contribution in [1.29, 1.82) is 0 Å². The Labute approximate surface area is 72.4 Å². The molecule has 0 bridgehead atoms. The van der Waals surface area contributed by atoms with E-state index in [1.54, 1.807) is 24.3 Å². The molecule has 0 saturated heterocycles. The van der Waals surface area contributed by atoms with Crippen LogP contribution in [0.1, 0.15) is 0 Å². The molecule has 0 atom stereocenters. The van der Waals surface area contributed by atoms with Crippen LogP contribution in [-0.2, 0) is 0 Å². The Morgan fingerprint density at radius 1 is 1.42 bits per heavy atom. The molecule has 60 valence electrons. The van der Waals surface area contributed by atoms with E-state index in [-0.39, 0.29) is 5.28 Å². The topological polar surface area (TPSA) is 51.7 Å².